The quantitative estimate of drug-likeness (QED) is 0.929. The van der Waals surface area contributed by atoms with Crippen LogP contribution in [0.4, 0.5) is 5.69 Å². The third-order valence-corrected chi connectivity index (χ3v) is 4.55. The number of hydrogen-bond acceptors (Lipinski definition) is 2. The van der Waals surface area contributed by atoms with Crippen LogP contribution < -0.4 is 10.6 Å². The van der Waals surface area contributed by atoms with E-state index in [0.29, 0.717) is 0 Å². The van der Waals surface area contributed by atoms with Gasteiger partial charge in [-0.05, 0) is 48.1 Å². The van der Waals surface area contributed by atoms with Gasteiger partial charge in [-0.15, -0.1) is 0 Å². The monoisotopic (exact) mass is 280 g/mol. The molecule has 21 heavy (non-hydrogen) atoms. The van der Waals surface area contributed by atoms with Gasteiger partial charge in [-0.1, -0.05) is 43.3 Å². The fourth-order valence-electron chi connectivity index (χ4n) is 3.09. The second-order valence-corrected chi connectivity index (χ2v) is 5.86. The van der Waals surface area contributed by atoms with Crippen LogP contribution in [0.3, 0.4) is 0 Å². The molecule has 1 atom stereocenters. The third-order valence-electron chi connectivity index (χ3n) is 4.55. The maximum Gasteiger partial charge on any atom is 0.0366 e. The van der Waals surface area contributed by atoms with Crippen molar-refractivity contribution in [2.45, 2.75) is 32.2 Å². The topological polar surface area (TPSA) is 29.3 Å². The highest BCUT2D eigenvalue weighted by atomic mass is 15.1. The highest BCUT2D eigenvalue weighted by Crippen LogP contribution is 2.23. The lowest BCUT2D eigenvalue weighted by molar-refractivity contribution is 0.698. The molecule has 1 unspecified atom stereocenters. The Kier molecular flexibility index (Phi) is 4.26. The van der Waals surface area contributed by atoms with Crippen LogP contribution in [-0.4, -0.2) is 13.1 Å². The molecule has 0 radical (unpaired) electrons. The van der Waals surface area contributed by atoms with Crippen LogP contribution in [0.25, 0.3) is 0 Å². The minimum atomic E-state index is 0.160. The van der Waals surface area contributed by atoms with Gasteiger partial charge >= 0.3 is 0 Å². The van der Waals surface area contributed by atoms with E-state index in [9.17, 15) is 0 Å². The highest BCUT2D eigenvalue weighted by molar-refractivity contribution is 5.49. The molecule has 0 amide bonds. The average molecular weight is 280 g/mol. The first kappa shape index (κ1) is 14.2. The Bertz CT molecular complexity index is 562. The van der Waals surface area contributed by atoms with E-state index < -0.39 is 0 Å². The second kappa shape index (κ2) is 6.31. The SMILES string of the molecule is CCC(N)c1ccc(N2CCc3ccccc3CC2)cc1. The first-order valence-electron chi connectivity index (χ1n) is 7.95. The molecule has 3 rings (SSSR count). The van der Waals surface area contributed by atoms with E-state index in [2.05, 4.69) is 60.4 Å². The molecule has 0 saturated carbocycles. The number of hydrogen-bond donors (Lipinski definition) is 1. The smallest absolute Gasteiger partial charge is 0.0366 e. The summed E-state index contributed by atoms with van der Waals surface area (Å²) in [6.07, 6.45) is 3.25. The van der Waals surface area contributed by atoms with Crippen molar-refractivity contribution in [3.05, 3.63) is 65.2 Å². The normalized spacial score (nSPS) is 16.2. The van der Waals surface area contributed by atoms with E-state index in [1.54, 1.807) is 0 Å². The summed E-state index contributed by atoms with van der Waals surface area (Å²) in [4.78, 5) is 2.49. The van der Waals surface area contributed by atoms with E-state index in [1.807, 2.05) is 0 Å². The van der Waals surface area contributed by atoms with Crippen LogP contribution in [0.15, 0.2) is 48.5 Å². The Morgan fingerprint density at radius 3 is 2.05 bits per heavy atom. The molecule has 1 aliphatic heterocycles. The molecule has 1 heterocycles. The molecule has 0 aromatic heterocycles. The Balaban J connectivity index is 1.74. The summed E-state index contributed by atoms with van der Waals surface area (Å²) in [7, 11) is 0. The van der Waals surface area contributed by atoms with Gasteiger partial charge in [0.15, 0.2) is 0 Å². The molecule has 2 heteroatoms. The molecule has 0 spiro atoms. The molecular weight excluding hydrogens is 256 g/mol. The summed E-state index contributed by atoms with van der Waals surface area (Å²) >= 11 is 0. The minimum Gasteiger partial charge on any atom is -0.371 e. The molecule has 2 aromatic rings. The zero-order chi connectivity index (χ0) is 14.7. The van der Waals surface area contributed by atoms with Crippen LogP contribution in [0.1, 0.15) is 36.1 Å². The lowest BCUT2D eigenvalue weighted by Crippen LogP contribution is -2.25. The van der Waals surface area contributed by atoms with Crippen molar-refractivity contribution in [2.24, 2.45) is 5.73 Å². The maximum atomic E-state index is 6.09. The van der Waals surface area contributed by atoms with E-state index in [1.165, 1.54) is 22.4 Å². The molecule has 1 aliphatic rings. The maximum absolute atomic E-state index is 6.09. The van der Waals surface area contributed by atoms with Gasteiger partial charge in [-0.2, -0.15) is 0 Å². The Hall–Kier alpha value is -1.80. The fourth-order valence-corrected chi connectivity index (χ4v) is 3.09. The molecule has 0 saturated heterocycles. The zero-order valence-corrected chi connectivity index (χ0v) is 12.8. The van der Waals surface area contributed by atoms with Crippen molar-refractivity contribution in [3.8, 4) is 0 Å². The summed E-state index contributed by atoms with van der Waals surface area (Å²) < 4.78 is 0. The van der Waals surface area contributed by atoms with E-state index in [4.69, 9.17) is 5.73 Å². The number of fused-ring (bicyclic) bond motifs is 1. The van der Waals surface area contributed by atoms with Crippen molar-refractivity contribution < 1.29 is 0 Å². The second-order valence-electron chi connectivity index (χ2n) is 5.86. The van der Waals surface area contributed by atoms with Crippen LogP contribution in [0.2, 0.25) is 0 Å². The van der Waals surface area contributed by atoms with Gasteiger partial charge < -0.3 is 10.6 Å². The van der Waals surface area contributed by atoms with Crippen molar-refractivity contribution in [2.75, 3.05) is 18.0 Å². The summed E-state index contributed by atoms with van der Waals surface area (Å²) in [5.74, 6) is 0. The Morgan fingerprint density at radius 1 is 0.952 bits per heavy atom. The van der Waals surface area contributed by atoms with Gasteiger partial charge in [0, 0.05) is 24.8 Å². The number of nitrogens with zero attached hydrogens (tertiary/aromatic N) is 1. The summed E-state index contributed by atoms with van der Waals surface area (Å²) in [6.45, 7) is 4.32. The van der Waals surface area contributed by atoms with Gasteiger partial charge in [0.1, 0.15) is 0 Å². The lowest BCUT2D eigenvalue weighted by Gasteiger charge is -2.23. The highest BCUT2D eigenvalue weighted by Gasteiger charge is 2.14. The molecule has 0 aliphatic carbocycles. The Morgan fingerprint density at radius 2 is 1.52 bits per heavy atom. The van der Waals surface area contributed by atoms with Crippen LogP contribution >= 0.6 is 0 Å². The predicted molar refractivity (Wildman–Crippen MR) is 89.7 cm³/mol. The van der Waals surface area contributed by atoms with Gasteiger partial charge in [-0.25, -0.2) is 0 Å². The largest absolute Gasteiger partial charge is 0.371 e. The minimum absolute atomic E-state index is 0.160. The fraction of sp³-hybridized carbons (Fsp3) is 0.368. The van der Waals surface area contributed by atoms with Crippen molar-refractivity contribution in [1.29, 1.82) is 0 Å². The molecule has 2 aromatic carbocycles. The molecule has 0 fully saturated rings. The van der Waals surface area contributed by atoms with Crippen molar-refractivity contribution in [3.63, 3.8) is 0 Å². The molecular formula is C19H24N2. The lowest BCUT2D eigenvalue weighted by atomic mass is 10.0. The summed E-state index contributed by atoms with van der Waals surface area (Å²) in [5, 5.41) is 0. The van der Waals surface area contributed by atoms with Gasteiger partial charge in [0.25, 0.3) is 0 Å². The first-order valence-corrected chi connectivity index (χ1v) is 7.95. The van der Waals surface area contributed by atoms with Crippen molar-refractivity contribution in [1.82, 2.24) is 0 Å². The standard InChI is InChI=1S/C19H24N2/c1-2-19(20)17-7-9-18(10-8-17)21-13-11-15-5-3-4-6-16(15)12-14-21/h3-10,19H,2,11-14,20H2,1H3. The van der Waals surface area contributed by atoms with E-state index >= 15 is 0 Å². The van der Waals surface area contributed by atoms with Crippen LogP contribution in [-0.2, 0) is 12.8 Å². The van der Waals surface area contributed by atoms with Gasteiger partial charge in [-0.3, -0.25) is 0 Å². The molecule has 0 bridgehead atoms. The van der Waals surface area contributed by atoms with Gasteiger partial charge in [0.2, 0.25) is 0 Å². The van der Waals surface area contributed by atoms with Crippen LogP contribution in [0, 0.1) is 0 Å². The van der Waals surface area contributed by atoms with E-state index in [-0.39, 0.29) is 6.04 Å². The predicted octanol–water partition coefficient (Wildman–Crippen LogP) is 3.70. The van der Waals surface area contributed by atoms with E-state index in [0.717, 1.165) is 32.4 Å². The number of anilines is 1. The van der Waals surface area contributed by atoms with Crippen LogP contribution in [0.5, 0.6) is 0 Å². The summed E-state index contributed by atoms with van der Waals surface area (Å²) in [5.41, 5.74) is 11.7. The third kappa shape index (κ3) is 3.11. The Labute approximate surface area is 127 Å². The average Bonchev–Trinajstić information content (AvgIpc) is 2.77. The summed E-state index contributed by atoms with van der Waals surface area (Å²) in [6, 6.07) is 17.8. The molecule has 2 N–H and O–H groups in total. The molecule has 2 nitrogen and oxygen atoms in total. The zero-order valence-electron chi connectivity index (χ0n) is 12.8. The number of rotatable bonds is 3. The molecule has 110 valence electrons. The van der Waals surface area contributed by atoms with Crippen molar-refractivity contribution >= 4 is 5.69 Å². The first-order chi connectivity index (χ1) is 10.3. The number of nitrogens with two attached hydrogens (primary N) is 1. The number of benzene rings is 2. The van der Waals surface area contributed by atoms with Gasteiger partial charge in [0.05, 0.1) is 0 Å².